The number of carbonyl (C=O) groups is 2. The molecule has 0 aliphatic carbocycles. The molecule has 1 aromatic carbocycles. The molecule has 3 heterocycles. The number of pyridine rings is 1. The number of benzene rings is 1. The topological polar surface area (TPSA) is 68.8 Å². The second kappa shape index (κ2) is 9.81. The molecule has 2 fully saturated rings. The third-order valence-corrected chi connectivity index (χ3v) is 6.08. The fraction of sp³-hybridized carbons (Fsp3) is 0.458. The zero-order valence-electron chi connectivity index (χ0n) is 18.2. The molecule has 2 aliphatic heterocycles. The van der Waals surface area contributed by atoms with Crippen LogP contribution in [0.5, 0.6) is 0 Å². The summed E-state index contributed by atoms with van der Waals surface area (Å²) in [6.45, 7) is 6.89. The summed E-state index contributed by atoms with van der Waals surface area (Å²) < 4.78 is 0. The second-order valence-corrected chi connectivity index (χ2v) is 8.41. The molecule has 1 aromatic heterocycles. The van der Waals surface area contributed by atoms with Gasteiger partial charge in [0.2, 0.25) is 5.91 Å². The number of hydrogen-bond acceptors (Lipinski definition) is 4. The predicted octanol–water partition coefficient (Wildman–Crippen LogP) is 2.59. The minimum absolute atomic E-state index is 0.0785. The van der Waals surface area contributed by atoms with Crippen LogP contribution in [0.15, 0.2) is 42.6 Å². The summed E-state index contributed by atoms with van der Waals surface area (Å²) in [4.78, 5) is 35.6. The molecule has 0 atom stereocenters. The summed E-state index contributed by atoms with van der Waals surface area (Å²) in [6, 6.07) is 12.0. The standard InChI is InChI=1S/C24H31N5O2/c1-19-4-6-20(7-5-19)17-23(30)28-12-14-29(15-13-28)24(31)26-18-21-8-9-25-22(16-21)27-10-2-3-11-27/h4-9,16H,2-3,10-15,17-18H2,1H3,(H,26,31). The van der Waals surface area contributed by atoms with E-state index >= 15 is 0 Å². The highest BCUT2D eigenvalue weighted by atomic mass is 16.2. The minimum atomic E-state index is -0.0785. The predicted molar refractivity (Wildman–Crippen MR) is 121 cm³/mol. The van der Waals surface area contributed by atoms with Crippen molar-refractivity contribution >= 4 is 17.8 Å². The van der Waals surface area contributed by atoms with Crippen molar-refractivity contribution in [3.8, 4) is 0 Å². The average Bonchev–Trinajstić information content (AvgIpc) is 3.34. The molecular weight excluding hydrogens is 390 g/mol. The van der Waals surface area contributed by atoms with Gasteiger partial charge in [-0.3, -0.25) is 4.79 Å². The van der Waals surface area contributed by atoms with Crippen molar-refractivity contribution in [2.45, 2.75) is 32.7 Å². The van der Waals surface area contributed by atoms with E-state index in [1.165, 1.54) is 18.4 Å². The quantitative estimate of drug-likeness (QED) is 0.806. The molecule has 0 saturated carbocycles. The van der Waals surface area contributed by atoms with Gasteiger partial charge >= 0.3 is 6.03 Å². The van der Waals surface area contributed by atoms with Crippen LogP contribution in [0.2, 0.25) is 0 Å². The van der Waals surface area contributed by atoms with Crippen molar-refractivity contribution in [1.29, 1.82) is 0 Å². The van der Waals surface area contributed by atoms with E-state index < -0.39 is 0 Å². The van der Waals surface area contributed by atoms with E-state index in [9.17, 15) is 9.59 Å². The van der Waals surface area contributed by atoms with Gasteiger partial charge in [-0.2, -0.15) is 0 Å². The maximum atomic E-state index is 12.6. The number of anilines is 1. The number of amides is 3. The Morgan fingerprint density at radius 1 is 0.903 bits per heavy atom. The van der Waals surface area contributed by atoms with E-state index in [1.54, 1.807) is 4.90 Å². The van der Waals surface area contributed by atoms with Gasteiger partial charge in [0.1, 0.15) is 5.82 Å². The first-order valence-electron chi connectivity index (χ1n) is 11.1. The van der Waals surface area contributed by atoms with Crippen molar-refractivity contribution in [1.82, 2.24) is 20.1 Å². The Morgan fingerprint density at radius 2 is 1.58 bits per heavy atom. The molecule has 0 bridgehead atoms. The Kier molecular flexibility index (Phi) is 6.70. The Labute approximate surface area is 184 Å². The van der Waals surface area contributed by atoms with Crippen LogP contribution in [-0.4, -0.2) is 66.0 Å². The lowest BCUT2D eigenvalue weighted by Gasteiger charge is -2.34. The van der Waals surface area contributed by atoms with Gasteiger partial charge in [0.05, 0.1) is 6.42 Å². The fourth-order valence-corrected chi connectivity index (χ4v) is 4.13. The lowest BCUT2D eigenvalue weighted by atomic mass is 10.1. The van der Waals surface area contributed by atoms with Gasteiger partial charge in [0.15, 0.2) is 0 Å². The molecule has 7 heteroatoms. The van der Waals surface area contributed by atoms with Crippen LogP contribution in [-0.2, 0) is 17.8 Å². The Hall–Kier alpha value is -3.09. The number of piperazine rings is 1. The van der Waals surface area contributed by atoms with Crippen molar-refractivity contribution in [2.75, 3.05) is 44.2 Å². The van der Waals surface area contributed by atoms with Gasteiger partial charge in [-0.1, -0.05) is 29.8 Å². The van der Waals surface area contributed by atoms with E-state index in [2.05, 4.69) is 21.3 Å². The molecule has 7 nitrogen and oxygen atoms in total. The molecule has 2 aromatic rings. The van der Waals surface area contributed by atoms with Gasteiger partial charge in [-0.15, -0.1) is 0 Å². The Balaban J connectivity index is 1.22. The summed E-state index contributed by atoms with van der Waals surface area (Å²) in [5, 5.41) is 3.01. The number of hydrogen-bond donors (Lipinski definition) is 1. The molecule has 2 aliphatic rings. The van der Waals surface area contributed by atoms with Crippen LogP contribution >= 0.6 is 0 Å². The van der Waals surface area contributed by atoms with Crippen LogP contribution in [0.3, 0.4) is 0 Å². The number of rotatable bonds is 5. The molecule has 4 rings (SSSR count). The number of nitrogens with zero attached hydrogens (tertiary/aromatic N) is 4. The fourth-order valence-electron chi connectivity index (χ4n) is 4.13. The highest BCUT2D eigenvalue weighted by molar-refractivity contribution is 5.79. The van der Waals surface area contributed by atoms with Crippen molar-refractivity contribution in [3.05, 3.63) is 59.3 Å². The van der Waals surface area contributed by atoms with Crippen LogP contribution in [0.25, 0.3) is 0 Å². The average molecular weight is 422 g/mol. The number of aryl methyl sites for hydroxylation is 1. The van der Waals surface area contributed by atoms with Gasteiger partial charge < -0.3 is 20.0 Å². The minimum Gasteiger partial charge on any atom is -0.357 e. The molecular formula is C24H31N5O2. The molecule has 164 valence electrons. The van der Waals surface area contributed by atoms with E-state index in [0.717, 1.165) is 30.0 Å². The van der Waals surface area contributed by atoms with E-state index in [1.807, 2.05) is 48.4 Å². The third kappa shape index (κ3) is 5.54. The second-order valence-electron chi connectivity index (χ2n) is 8.41. The summed E-state index contributed by atoms with van der Waals surface area (Å²) in [5.74, 6) is 1.11. The lowest BCUT2D eigenvalue weighted by Crippen LogP contribution is -2.53. The summed E-state index contributed by atoms with van der Waals surface area (Å²) in [7, 11) is 0. The lowest BCUT2D eigenvalue weighted by molar-refractivity contribution is -0.131. The summed E-state index contributed by atoms with van der Waals surface area (Å²) in [6.07, 6.45) is 4.64. The van der Waals surface area contributed by atoms with Crippen molar-refractivity contribution < 1.29 is 9.59 Å². The number of nitrogens with one attached hydrogen (secondary N) is 1. The molecule has 31 heavy (non-hydrogen) atoms. The van der Waals surface area contributed by atoms with E-state index in [4.69, 9.17) is 0 Å². The third-order valence-electron chi connectivity index (χ3n) is 6.08. The molecule has 1 N–H and O–H groups in total. The van der Waals surface area contributed by atoms with Gasteiger partial charge in [0, 0.05) is 52.0 Å². The monoisotopic (exact) mass is 421 g/mol. The van der Waals surface area contributed by atoms with Gasteiger partial charge in [-0.05, 0) is 43.0 Å². The zero-order valence-corrected chi connectivity index (χ0v) is 18.2. The SMILES string of the molecule is Cc1ccc(CC(=O)N2CCN(C(=O)NCc3ccnc(N4CCCC4)c3)CC2)cc1. The van der Waals surface area contributed by atoms with Crippen LogP contribution < -0.4 is 10.2 Å². The van der Waals surface area contributed by atoms with Crippen LogP contribution in [0, 0.1) is 6.92 Å². The molecule has 2 saturated heterocycles. The highest BCUT2D eigenvalue weighted by Crippen LogP contribution is 2.18. The maximum absolute atomic E-state index is 12.6. The molecule has 0 unspecified atom stereocenters. The Morgan fingerprint density at radius 3 is 2.29 bits per heavy atom. The normalized spacial score (nSPS) is 16.5. The van der Waals surface area contributed by atoms with Crippen molar-refractivity contribution in [3.63, 3.8) is 0 Å². The zero-order chi connectivity index (χ0) is 21.6. The first-order valence-corrected chi connectivity index (χ1v) is 11.1. The van der Waals surface area contributed by atoms with Gasteiger partial charge in [-0.25, -0.2) is 9.78 Å². The highest BCUT2D eigenvalue weighted by Gasteiger charge is 2.24. The van der Waals surface area contributed by atoms with Crippen LogP contribution in [0.4, 0.5) is 10.6 Å². The molecule has 0 radical (unpaired) electrons. The van der Waals surface area contributed by atoms with Crippen LogP contribution in [0.1, 0.15) is 29.5 Å². The first kappa shape index (κ1) is 21.2. The van der Waals surface area contributed by atoms with E-state index in [-0.39, 0.29) is 11.9 Å². The molecule has 0 spiro atoms. The largest absolute Gasteiger partial charge is 0.357 e. The summed E-state index contributed by atoms with van der Waals surface area (Å²) in [5.41, 5.74) is 3.27. The van der Waals surface area contributed by atoms with Crippen molar-refractivity contribution in [2.24, 2.45) is 0 Å². The summed E-state index contributed by atoms with van der Waals surface area (Å²) >= 11 is 0. The van der Waals surface area contributed by atoms with E-state index in [0.29, 0.717) is 39.1 Å². The Bertz CT molecular complexity index is 900. The maximum Gasteiger partial charge on any atom is 0.317 e. The number of urea groups is 1. The van der Waals surface area contributed by atoms with Gasteiger partial charge in [0.25, 0.3) is 0 Å². The number of aromatic nitrogens is 1. The number of carbonyl (C=O) groups excluding carboxylic acids is 2. The first-order chi connectivity index (χ1) is 15.1. The molecule has 3 amide bonds. The smallest absolute Gasteiger partial charge is 0.317 e.